The van der Waals surface area contributed by atoms with Crippen molar-refractivity contribution in [1.29, 1.82) is 0 Å². The zero-order valence-electron chi connectivity index (χ0n) is 9.82. The summed E-state index contributed by atoms with van der Waals surface area (Å²) >= 11 is 1.67. The number of nitrogens with zero attached hydrogens (tertiary/aromatic N) is 1. The Labute approximate surface area is 101 Å². The lowest BCUT2D eigenvalue weighted by atomic mass is 10.1. The molecule has 4 heteroatoms. The summed E-state index contributed by atoms with van der Waals surface area (Å²) in [5, 5.41) is 3.13. The molecule has 0 spiro atoms. The number of rotatable bonds is 3. The number of hydrogen-bond acceptors (Lipinski definition) is 4. The zero-order valence-corrected chi connectivity index (χ0v) is 10.6. The van der Waals surface area contributed by atoms with E-state index >= 15 is 0 Å². The molecule has 1 heterocycles. The smallest absolute Gasteiger partial charge is 0.119 e. The van der Waals surface area contributed by atoms with Gasteiger partial charge in [-0.2, -0.15) is 0 Å². The number of hydrogen-bond donors (Lipinski definition) is 1. The van der Waals surface area contributed by atoms with Gasteiger partial charge < -0.3 is 10.5 Å². The Bertz CT molecular complexity index is 327. The van der Waals surface area contributed by atoms with Gasteiger partial charge in [0.05, 0.1) is 12.7 Å². The first-order valence-electron chi connectivity index (χ1n) is 6.04. The van der Waals surface area contributed by atoms with Gasteiger partial charge in [0.15, 0.2) is 0 Å². The highest BCUT2D eigenvalue weighted by molar-refractivity contribution is 7.09. The van der Waals surface area contributed by atoms with Crippen LogP contribution in [0.4, 0.5) is 0 Å². The largest absolute Gasteiger partial charge is 0.369 e. The minimum Gasteiger partial charge on any atom is -0.369 e. The number of nitrogens with two attached hydrogens (primary N) is 1. The van der Waals surface area contributed by atoms with Crippen molar-refractivity contribution in [3.63, 3.8) is 0 Å². The van der Waals surface area contributed by atoms with E-state index in [0.29, 0.717) is 6.61 Å². The van der Waals surface area contributed by atoms with E-state index in [-0.39, 0.29) is 12.1 Å². The van der Waals surface area contributed by atoms with Crippen LogP contribution in [0, 0.1) is 6.92 Å². The third kappa shape index (κ3) is 3.27. The summed E-state index contributed by atoms with van der Waals surface area (Å²) in [5.41, 5.74) is 7.18. The van der Waals surface area contributed by atoms with E-state index in [1.54, 1.807) is 11.3 Å². The predicted molar refractivity (Wildman–Crippen MR) is 66.5 cm³/mol. The highest BCUT2D eigenvalue weighted by Gasteiger charge is 2.21. The molecule has 1 aromatic rings. The maximum absolute atomic E-state index is 6.11. The molecule has 1 aromatic heterocycles. The van der Waals surface area contributed by atoms with Gasteiger partial charge in [-0.3, -0.25) is 0 Å². The second-order valence-corrected chi connectivity index (χ2v) is 5.48. The van der Waals surface area contributed by atoms with Gasteiger partial charge in [-0.05, 0) is 19.8 Å². The van der Waals surface area contributed by atoms with Gasteiger partial charge in [0.1, 0.15) is 5.01 Å². The molecule has 0 saturated heterocycles. The summed E-state index contributed by atoms with van der Waals surface area (Å²) in [6, 6.07) is 0.212. The topological polar surface area (TPSA) is 48.1 Å². The number of thiazole rings is 1. The fourth-order valence-electron chi connectivity index (χ4n) is 2.16. The standard InChI is InChI=1S/C12H20N2OS/c1-9-8-16-12(14-9)7-15-11-6-4-2-3-5-10(11)13/h8,10-11H,2-7,13H2,1H3. The van der Waals surface area contributed by atoms with Crippen molar-refractivity contribution < 1.29 is 4.74 Å². The summed E-state index contributed by atoms with van der Waals surface area (Å²) in [6.07, 6.45) is 6.22. The van der Waals surface area contributed by atoms with E-state index in [9.17, 15) is 0 Å². The van der Waals surface area contributed by atoms with Gasteiger partial charge in [-0.15, -0.1) is 11.3 Å². The molecule has 1 fully saturated rings. The van der Waals surface area contributed by atoms with Crippen LogP contribution in [-0.4, -0.2) is 17.1 Å². The van der Waals surface area contributed by atoms with E-state index in [1.165, 1.54) is 19.3 Å². The molecule has 0 bridgehead atoms. The Morgan fingerprint density at radius 2 is 2.25 bits per heavy atom. The molecule has 0 amide bonds. The SMILES string of the molecule is Cc1csc(COC2CCCCCC2N)n1. The number of aromatic nitrogens is 1. The second kappa shape index (κ2) is 5.75. The van der Waals surface area contributed by atoms with Crippen LogP contribution in [0.5, 0.6) is 0 Å². The average Bonchev–Trinajstić information content (AvgIpc) is 2.56. The van der Waals surface area contributed by atoms with E-state index in [4.69, 9.17) is 10.5 Å². The van der Waals surface area contributed by atoms with E-state index < -0.39 is 0 Å². The van der Waals surface area contributed by atoms with Crippen LogP contribution in [0.15, 0.2) is 5.38 Å². The predicted octanol–water partition coefficient (Wildman–Crippen LogP) is 2.63. The first-order chi connectivity index (χ1) is 7.75. The van der Waals surface area contributed by atoms with Crippen molar-refractivity contribution in [3.8, 4) is 0 Å². The third-order valence-corrected chi connectivity index (χ3v) is 4.03. The van der Waals surface area contributed by atoms with Crippen molar-refractivity contribution in [2.75, 3.05) is 0 Å². The van der Waals surface area contributed by atoms with Gasteiger partial charge in [0.25, 0.3) is 0 Å². The summed E-state index contributed by atoms with van der Waals surface area (Å²) in [6.45, 7) is 2.63. The Morgan fingerprint density at radius 1 is 1.44 bits per heavy atom. The molecule has 2 atom stereocenters. The fraction of sp³-hybridized carbons (Fsp3) is 0.750. The zero-order chi connectivity index (χ0) is 11.4. The monoisotopic (exact) mass is 240 g/mol. The van der Waals surface area contributed by atoms with E-state index in [2.05, 4.69) is 10.4 Å². The molecular formula is C12H20N2OS. The molecule has 1 aliphatic rings. The molecule has 0 radical (unpaired) electrons. The van der Waals surface area contributed by atoms with Crippen molar-refractivity contribution >= 4 is 11.3 Å². The lowest BCUT2D eigenvalue weighted by molar-refractivity contribution is 0.0193. The Hall–Kier alpha value is -0.450. The molecule has 1 aliphatic carbocycles. The molecule has 3 nitrogen and oxygen atoms in total. The molecule has 90 valence electrons. The van der Waals surface area contributed by atoms with Gasteiger partial charge in [-0.25, -0.2) is 4.98 Å². The van der Waals surface area contributed by atoms with Crippen LogP contribution in [0.3, 0.4) is 0 Å². The van der Waals surface area contributed by atoms with Crippen LogP contribution >= 0.6 is 11.3 Å². The second-order valence-electron chi connectivity index (χ2n) is 4.53. The third-order valence-electron chi connectivity index (χ3n) is 3.09. The van der Waals surface area contributed by atoms with E-state index in [1.807, 2.05) is 6.92 Å². The van der Waals surface area contributed by atoms with Crippen LogP contribution in [-0.2, 0) is 11.3 Å². The van der Waals surface area contributed by atoms with Crippen molar-refractivity contribution in [1.82, 2.24) is 4.98 Å². The summed E-state index contributed by atoms with van der Waals surface area (Å²) in [5.74, 6) is 0. The molecule has 16 heavy (non-hydrogen) atoms. The maximum atomic E-state index is 6.11. The molecular weight excluding hydrogens is 220 g/mol. The Kier molecular flexibility index (Phi) is 4.32. The molecule has 2 rings (SSSR count). The van der Waals surface area contributed by atoms with Crippen molar-refractivity contribution in [3.05, 3.63) is 16.1 Å². The molecule has 0 aliphatic heterocycles. The van der Waals surface area contributed by atoms with Gasteiger partial charge in [-0.1, -0.05) is 19.3 Å². The summed E-state index contributed by atoms with van der Waals surface area (Å²) in [4.78, 5) is 4.40. The highest BCUT2D eigenvalue weighted by Crippen LogP contribution is 2.21. The quantitative estimate of drug-likeness (QED) is 0.826. The van der Waals surface area contributed by atoms with Gasteiger partial charge in [0, 0.05) is 17.1 Å². The summed E-state index contributed by atoms with van der Waals surface area (Å²) < 4.78 is 5.90. The van der Waals surface area contributed by atoms with Gasteiger partial charge >= 0.3 is 0 Å². The minimum absolute atomic E-state index is 0.212. The summed E-state index contributed by atoms with van der Waals surface area (Å²) in [7, 11) is 0. The van der Waals surface area contributed by atoms with Crippen LogP contribution < -0.4 is 5.73 Å². The van der Waals surface area contributed by atoms with Gasteiger partial charge in [0.2, 0.25) is 0 Å². The molecule has 2 unspecified atom stereocenters. The van der Waals surface area contributed by atoms with Crippen molar-refractivity contribution in [2.24, 2.45) is 5.73 Å². The molecule has 0 aromatic carbocycles. The van der Waals surface area contributed by atoms with E-state index in [0.717, 1.165) is 23.5 Å². The fourth-order valence-corrected chi connectivity index (χ4v) is 2.85. The molecule has 1 saturated carbocycles. The average molecular weight is 240 g/mol. The normalized spacial score (nSPS) is 26.6. The lowest BCUT2D eigenvalue weighted by Crippen LogP contribution is -2.35. The van der Waals surface area contributed by atoms with Crippen LogP contribution in [0.2, 0.25) is 0 Å². The Balaban J connectivity index is 1.83. The maximum Gasteiger partial charge on any atom is 0.119 e. The number of aryl methyl sites for hydroxylation is 1. The first kappa shape index (κ1) is 12.0. The highest BCUT2D eigenvalue weighted by atomic mass is 32.1. The van der Waals surface area contributed by atoms with Crippen LogP contribution in [0.1, 0.15) is 42.8 Å². The minimum atomic E-state index is 0.212. The molecule has 2 N–H and O–H groups in total. The lowest BCUT2D eigenvalue weighted by Gasteiger charge is -2.21. The Morgan fingerprint density at radius 3 is 3.00 bits per heavy atom. The number of ether oxygens (including phenoxy) is 1. The van der Waals surface area contributed by atoms with Crippen molar-refractivity contribution in [2.45, 2.75) is 57.8 Å². The first-order valence-corrected chi connectivity index (χ1v) is 6.92. The van der Waals surface area contributed by atoms with Crippen LogP contribution in [0.25, 0.3) is 0 Å².